The lowest BCUT2D eigenvalue weighted by Gasteiger charge is -2.19. The van der Waals surface area contributed by atoms with Gasteiger partial charge in [0.05, 0.1) is 0 Å². The predicted molar refractivity (Wildman–Crippen MR) is 85.2 cm³/mol. The van der Waals surface area contributed by atoms with Gasteiger partial charge in [0.15, 0.2) is 0 Å². The number of nitrogens with two attached hydrogens (primary N) is 1. The van der Waals surface area contributed by atoms with Crippen LogP contribution >= 0.6 is 0 Å². The number of carbonyl (C=O) groups excluding carboxylic acids is 1. The smallest absolute Gasteiger partial charge is 0.256 e. The molecule has 0 aliphatic heterocycles. The van der Waals surface area contributed by atoms with Gasteiger partial charge >= 0.3 is 0 Å². The summed E-state index contributed by atoms with van der Waals surface area (Å²) in [6.45, 7) is 6.77. The average molecular weight is 283 g/mol. The van der Waals surface area contributed by atoms with Gasteiger partial charge in [0.25, 0.3) is 5.91 Å². The molecular formula is C17H21N3O. The van der Waals surface area contributed by atoms with Crippen LogP contribution in [0.3, 0.4) is 0 Å². The van der Waals surface area contributed by atoms with Crippen LogP contribution in [0.15, 0.2) is 42.6 Å². The largest absolute Gasteiger partial charge is 0.326 e. The maximum absolute atomic E-state index is 12.3. The summed E-state index contributed by atoms with van der Waals surface area (Å²) in [5.74, 6) is 0.341. The van der Waals surface area contributed by atoms with Gasteiger partial charge in [-0.05, 0) is 29.2 Å². The van der Waals surface area contributed by atoms with E-state index in [4.69, 9.17) is 5.73 Å². The maximum Gasteiger partial charge on any atom is 0.256 e. The third kappa shape index (κ3) is 3.67. The molecule has 0 unspecified atom stereocenters. The van der Waals surface area contributed by atoms with E-state index < -0.39 is 0 Å². The van der Waals surface area contributed by atoms with Crippen molar-refractivity contribution in [1.82, 2.24) is 4.98 Å². The van der Waals surface area contributed by atoms with Gasteiger partial charge in [-0.2, -0.15) is 0 Å². The van der Waals surface area contributed by atoms with Crippen molar-refractivity contribution in [3.8, 4) is 0 Å². The second-order valence-corrected chi connectivity index (χ2v) is 6.00. The minimum Gasteiger partial charge on any atom is -0.326 e. The number of nitrogens with zero attached hydrogens (tertiary/aromatic N) is 1. The van der Waals surface area contributed by atoms with Crippen LogP contribution in [-0.4, -0.2) is 10.9 Å². The first-order valence-electron chi connectivity index (χ1n) is 6.97. The van der Waals surface area contributed by atoms with Gasteiger partial charge in [0.1, 0.15) is 5.82 Å². The number of nitrogens with one attached hydrogen (secondary N) is 1. The van der Waals surface area contributed by atoms with Crippen LogP contribution in [0, 0.1) is 0 Å². The van der Waals surface area contributed by atoms with Gasteiger partial charge in [-0.1, -0.05) is 39.0 Å². The van der Waals surface area contributed by atoms with E-state index in [0.29, 0.717) is 17.9 Å². The van der Waals surface area contributed by atoms with Crippen LogP contribution in [0.1, 0.15) is 42.3 Å². The van der Waals surface area contributed by atoms with Crippen molar-refractivity contribution in [3.05, 3.63) is 59.3 Å². The van der Waals surface area contributed by atoms with Gasteiger partial charge < -0.3 is 11.1 Å². The second-order valence-electron chi connectivity index (χ2n) is 6.00. The quantitative estimate of drug-likeness (QED) is 0.909. The highest BCUT2D eigenvalue weighted by Crippen LogP contribution is 2.22. The van der Waals surface area contributed by atoms with Crippen LogP contribution in [0.2, 0.25) is 0 Å². The average Bonchev–Trinajstić information content (AvgIpc) is 2.47. The van der Waals surface area contributed by atoms with Crippen molar-refractivity contribution in [3.63, 3.8) is 0 Å². The van der Waals surface area contributed by atoms with Gasteiger partial charge in [-0.25, -0.2) is 4.98 Å². The van der Waals surface area contributed by atoms with Crippen LogP contribution < -0.4 is 11.1 Å². The minimum absolute atomic E-state index is 0.0721. The van der Waals surface area contributed by atoms with Crippen molar-refractivity contribution in [2.45, 2.75) is 32.7 Å². The van der Waals surface area contributed by atoms with E-state index in [1.807, 2.05) is 30.3 Å². The van der Waals surface area contributed by atoms with Crippen LogP contribution in [0.25, 0.3) is 0 Å². The first kappa shape index (κ1) is 15.2. The summed E-state index contributed by atoms with van der Waals surface area (Å²) < 4.78 is 0. The molecule has 0 fully saturated rings. The molecule has 1 aromatic heterocycles. The molecule has 0 atom stereocenters. The number of rotatable bonds is 3. The van der Waals surface area contributed by atoms with Crippen LogP contribution in [0.4, 0.5) is 5.82 Å². The Kier molecular flexibility index (Phi) is 4.38. The Morgan fingerprint density at radius 1 is 1.19 bits per heavy atom. The Hall–Kier alpha value is -2.20. The summed E-state index contributed by atoms with van der Waals surface area (Å²) in [6, 6.07) is 11.3. The van der Waals surface area contributed by atoms with E-state index in [9.17, 15) is 4.79 Å². The monoisotopic (exact) mass is 283 g/mol. The Morgan fingerprint density at radius 2 is 1.86 bits per heavy atom. The number of pyridine rings is 1. The zero-order valence-electron chi connectivity index (χ0n) is 12.7. The van der Waals surface area contributed by atoms with Crippen molar-refractivity contribution in [2.75, 3.05) is 5.32 Å². The minimum atomic E-state index is -0.177. The number of amides is 1. The molecule has 0 aliphatic rings. The second kappa shape index (κ2) is 6.06. The fourth-order valence-electron chi connectivity index (χ4n) is 2.02. The summed E-state index contributed by atoms with van der Waals surface area (Å²) in [5.41, 5.74) is 8.33. The molecule has 0 saturated carbocycles. The summed E-state index contributed by atoms with van der Waals surface area (Å²) >= 11 is 0. The summed E-state index contributed by atoms with van der Waals surface area (Å²) in [4.78, 5) is 16.4. The topological polar surface area (TPSA) is 68.0 Å². The molecule has 21 heavy (non-hydrogen) atoms. The standard InChI is InChI=1S/C17H21N3O/c1-17(2,3)14-8-6-12(7-9-14)16(21)20-15-13(11-18)5-4-10-19-15/h4-10H,11,18H2,1-3H3,(H,19,20,21). The van der Waals surface area contributed by atoms with E-state index in [1.165, 1.54) is 5.56 Å². The van der Waals surface area contributed by atoms with Gasteiger partial charge in [-0.3, -0.25) is 4.79 Å². The third-order valence-corrected chi connectivity index (χ3v) is 3.36. The van der Waals surface area contributed by atoms with E-state index in [-0.39, 0.29) is 11.3 Å². The Labute approximate surface area is 125 Å². The van der Waals surface area contributed by atoms with Crippen molar-refractivity contribution < 1.29 is 4.79 Å². The Bertz CT molecular complexity index is 627. The number of hydrogen-bond donors (Lipinski definition) is 2. The molecule has 1 heterocycles. The SMILES string of the molecule is CC(C)(C)c1ccc(C(=O)Nc2ncccc2CN)cc1. The molecule has 0 radical (unpaired) electrons. The normalized spacial score (nSPS) is 11.2. The van der Waals surface area contributed by atoms with Crippen LogP contribution in [0.5, 0.6) is 0 Å². The molecule has 3 N–H and O–H groups in total. The van der Waals surface area contributed by atoms with Crippen molar-refractivity contribution in [1.29, 1.82) is 0 Å². The molecule has 2 rings (SSSR count). The van der Waals surface area contributed by atoms with Crippen LogP contribution in [-0.2, 0) is 12.0 Å². The van der Waals surface area contributed by atoms with E-state index in [0.717, 1.165) is 5.56 Å². The summed E-state index contributed by atoms with van der Waals surface area (Å²) in [5, 5.41) is 2.81. The molecule has 0 spiro atoms. The fraction of sp³-hybridized carbons (Fsp3) is 0.294. The molecule has 110 valence electrons. The zero-order valence-corrected chi connectivity index (χ0v) is 12.7. The Morgan fingerprint density at radius 3 is 2.43 bits per heavy atom. The lowest BCUT2D eigenvalue weighted by molar-refractivity contribution is 0.102. The fourth-order valence-corrected chi connectivity index (χ4v) is 2.02. The van der Waals surface area contributed by atoms with Gasteiger partial charge in [0.2, 0.25) is 0 Å². The number of aromatic nitrogens is 1. The first-order valence-corrected chi connectivity index (χ1v) is 6.97. The maximum atomic E-state index is 12.3. The highest BCUT2D eigenvalue weighted by atomic mass is 16.1. The first-order chi connectivity index (χ1) is 9.91. The zero-order chi connectivity index (χ0) is 15.5. The van der Waals surface area contributed by atoms with Gasteiger partial charge in [-0.15, -0.1) is 0 Å². The summed E-state index contributed by atoms with van der Waals surface area (Å²) in [7, 11) is 0. The Balaban J connectivity index is 2.17. The molecular weight excluding hydrogens is 262 g/mol. The molecule has 0 bridgehead atoms. The number of carbonyl (C=O) groups is 1. The highest BCUT2D eigenvalue weighted by molar-refractivity contribution is 6.04. The molecule has 1 amide bonds. The molecule has 4 nitrogen and oxygen atoms in total. The van der Waals surface area contributed by atoms with E-state index in [2.05, 4.69) is 31.1 Å². The molecule has 2 aromatic rings. The summed E-state index contributed by atoms with van der Waals surface area (Å²) in [6.07, 6.45) is 1.64. The van der Waals surface area contributed by atoms with Gasteiger partial charge in [0, 0.05) is 23.9 Å². The molecule has 0 saturated heterocycles. The number of benzene rings is 1. The number of hydrogen-bond acceptors (Lipinski definition) is 3. The molecule has 4 heteroatoms. The predicted octanol–water partition coefficient (Wildman–Crippen LogP) is 3.09. The van der Waals surface area contributed by atoms with E-state index in [1.54, 1.807) is 12.3 Å². The van der Waals surface area contributed by atoms with E-state index >= 15 is 0 Å². The lowest BCUT2D eigenvalue weighted by Crippen LogP contribution is -2.16. The van der Waals surface area contributed by atoms with Crippen molar-refractivity contribution in [2.24, 2.45) is 5.73 Å². The lowest BCUT2D eigenvalue weighted by atomic mass is 9.87. The number of anilines is 1. The third-order valence-electron chi connectivity index (χ3n) is 3.36. The molecule has 0 aliphatic carbocycles. The highest BCUT2D eigenvalue weighted by Gasteiger charge is 2.15. The van der Waals surface area contributed by atoms with Crippen molar-refractivity contribution >= 4 is 11.7 Å². The molecule has 1 aromatic carbocycles.